The van der Waals surface area contributed by atoms with Crippen molar-refractivity contribution in [2.75, 3.05) is 0 Å². The Hall–Kier alpha value is -1.82. The number of hydrogen-bond donors (Lipinski definition) is 0. The monoisotopic (exact) mass is 224 g/mol. The molecule has 17 heavy (non-hydrogen) atoms. The van der Waals surface area contributed by atoms with Gasteiger partial charge in [0, 0.05) is 0 Å². The Morgan fingerprint density at radius 3 is 1.65 bits per heavy atom. The normalized spacial score (nSPS) is 9.82. The van der Waals surface area contributed by atoms with Crippen LogP contribution in [0.25, 0.3) is 12.2 Å². The minimum atomic E-state index is 1.23. The summed E-state index contributed by atoms with van der Waals surface area (Å²) in [4.78, 5) is 0. The molecule has 0 aliphatic rings. The van der Waals surface area contributed by atoms with Crippen molar-refractivity contribution in [3.8, 4) is 0 Å². The maximum atomic E-state index is 2.13. The summed E-state index contributed by atoms with van der Waals surface area (Å²) < 4.78 is 0. The molecule has 0 spiro atoms. The second-order valence-corrected chi connectivity index (χ2v) is 3.65. The van der Waals surface area contributed by atoms with E-state index in [0.29, 0.717) is 0 Å². The van der Waals surface area contributed by atoms with Crippen molar-refractivity contribution in [3.05, 3.63) is 71.3 Å². The first kappa shape index (κ1) is 13.2. The Balaban J connectivity index is 0.000000686. The van der Waals surface area contributed by atoms with Crippen LogP contribution in [0.3, 0.4) is 0 Å². The van der Waals surface area contributed by atoms with Gasteiger partial charge in [-0.2, -0.15) is 0 Å². The van der Waals surface area contributed by atoms with Gasteiger partial charge in [0.05, 0.1) is 0 Å². The van der Waals surface area contributed by atoms with Gasteiger partial charge in [-0.15, -0.1) is 0 Å². The van der Waals surface area contributed by atoms with E-state index in [1.165, 1.54) is 16.7 Å². The Morgan fingerprint density at radius 2 is 1.12 bits per heavy atom. The lowest BCUT2D eigenvalue weighted by molar-refractivity contribution is 1.46. The average molecular weight is 224 g/mol. The first-order valence-corrected chi connectivity index (χ1v) is 6.14. The average Bonchev–Trinajstić information content (AvgIpc) is 2.42. The molecule has 0 heterocycles. The quantitative estimate of drug-likeness (QED) is 0.616. The highest BCUT2D eigenvalue weighted by atomic mass is 13.9. The lowest BCUT2D eigenvalue weighted by atomic mass is 10.1. The van der Waals surface area contributed by atoms with Gasteiger partial charge in [0.2, 0.25) is 0 Å². The molecule has 0 amide bonds. The number of rotatable bonds is 2. The van der Waals surface area contributed by atoms with Crippen LogP contribution in [0, 0.1) is 6.92 Å². The molecule has 0 saturated carbocycles. The maximum absolute atomic E-state index is 2.13. The molecule has 0 unspecified atom stereocenters. The Labute approximate surface area is 105 Å². The molecule has 0 saturated heterocycles. The van der Waals surface area contributed by atoms with Crippen LogP contribution in [0.5, 0.6) is 0 Å². The van der Waals surface area contributed by atoms with Crippen molar-refractivity contribution in [2.24, 2.45) is 0 Å². The molecule has 2 aromatic rings. The molecule has 0 N–H and O–H groups in total. The lowest BCUT2D eigenvalue weighted by Gasteiger charge is -1.95. The third-order valence-corrected chi connectivity index (χ3v) is 2.35. The van der Waals surface area contributed by atoms with Crippen LogP contribution in [0.4, 0.5) is 0 Å². The fraction of sp³-hybridized carbons (Fsp3) is 0.176. The van der Waals surface area contributed by atoms with Crippen molar-refractivity contribution in [1.82, 2.24) is 0 Å². The van der Waals surface area contributed by atoms with E-state index in [4.69, 9.17) is 0 Å². The molecule has 0 radical (unpaired) electrons. The van der Waals surface area contributed by atoms with E-state index in [2.05, 4.69) is 67.6 Å². The van der Waals surface area contributed by atoms with Gasteiger partial charge in [0.1, 0.15) is 0 Å². The molecule has 0 aliphatic carbocycles. The Bertz CT molecular complexity index is 435. The minimum absolute atomic E-state index is 1.23. The molecular formula is C17H20. The van der Waals surface area contributed by atoms with Crippen LogP contribution in [-0.4, -0.2) is 0 Å². The molecule has 0 fully saturated rings. The molecule has 2 rings (SSSR count). The maximum Gasteiger partial charge on any atom is -0.0256 e. The van der Waals surface area contributed by atoms with Crippen LogP contribution in [0.15, 0.2) is 54.6 Å². The van der Waals surface area contributed by atoms with Gasteiger partial charge in [0.25, 0.3) is 0 Å². The van der Waals surface area contributed by atoms with Gasteiger partial charge in [-0.25, -0.2) is 0 Å². The third kappa shape index (κ3) is 4.69. The standard InChI is InChI=1S/C15H14.C2H6/c1-13-7-9-15(10-8-13)12-11-14-5-3-2-4-6-14;1-2/h2-12H,1H3;1-2H3/b12-11+;. The summed E-state index contributed by atoms with van der Waals surface area (Å²) in [7, 11) is 0. The predicted octanol–water partition coefficient (Wildman–Crippen LogP) is 5.19. The molecule has 0 nitrogen and oxygen atoms in total. The first-order valence-electron chi connectivity index (χ1n) is 6.14. The zero-order valence-electron chi connectivity index (χ0n) is 10.9. The zero-order valence-corrected chi connectivity index (χ0v) is 10.9. The van der Waals surface area contributed by atoms with E-state index >= 15 is 0 Å². The summed E-state index contributed by atoms with van der Waals surface area (Å²) >= 11 is 0. The molecule has 0 aromatic heterocycles. The summed E-state index contributed by atoms with van der Waals surface area (Å²) in [6.45, 7) is 6.10. The smallest absolute Gasteiger partial charge is 0.0256 e. The van der Waals surface area contributed by atoms with Gasteiger partial charge in [-0.1, -0.05) is 86.2 Å². The zero-order chi connectivity index (χ0) is 12.5. The van der Waals surface area contributed by atoms with E-state index in [-0.39, 0.29) is 0 Å². The summed E-state index contributed by atoms with van der Waals surface area (Å²) in [5.74, 6) is 0. The number of aryl methyl sites for hydroxylation is 1. The number of hydrogen-bond acceptors (Lipinski definition) is 0. The lowest BCUT2D eigenvalue weighted by Crippen LogP contribution is -1.74. The molecule has 88 valence electrons. The summed E-state index contributed by atoms with van der Waals surface area (Å²) in [6, 6.07) is 18.9. The summed E-state index contributed by atoms with van der Waals surface area (Å²) in [6.07, 6.45) is 4.26. The Kier molecular flexibility index (Phi) is 5.81. The molecule has 0 bridgehead atoms. The minimum Gasteiger partial charge on any atom is -0.0683 e. The van der Waals surface area contributed by atoms with Crippen LogP contribution in [0.2, 0.25) is 0 Å². The Morgan fingerprint density at radius 1 is 0.647 bits per heavy atom. The van der Waals surface area contributed by atoms with Crippen LogP contribution >= 0.6 is 0 Å². The number of benzene rings is 2. The fourth-order valence-electron chi connectivity index (χ4n) is 1.43. The van der Waals surface area contributed by atoms with Crippen LogP contribution in [-0.2, 0) is 0 Å². The molecule has 0 atom stereocenters. The van der Waals surface area contributed by atoms with E-state index in [0.717, 1.165) is 0 Å². The summed E-state index contributed by atoms with van der Waals surface area (Å²) in [5, 5.41) is 0. The van der Waals surface area contributed by atoms with E-state index < -0.39 is 0 Å². The molecule has 0 aliphatic heterocycles. The topological polar surface area (TPSA) is 0 Å². The van der Waals surface area contributed by atoms with Crippen molar-refractivity contribution in [3.63, 3.8) is 0 Å². The first-order chi connectivity index (χ1) is 8.34. The highest BCUT2D eigenvalue weighted by Crippen LogP contribution is 2.08. The largest absolute Gasteiger partial charge is 0.0683 e. The van der Waals surface area contributed by atoms with Crippen LogP contribution in [0.1, 0.15) is 30.5 Å². The predicted molar refractivity (Wildman–Crippen MR) is 77.9 cm³/mol. The highest BCUT2D eigenvalue weighted by molar-refractivity contribution is 5.69. The van der Waals surface area contributed by atoms with Gasteiger partial charge < -0.3 is 0 Å². The molecule has 0 heteroatoms. The third-order valence-electron chi connectivity index (χ3n) is 2.35. The molecule has 2 aromatic carbocycles. The van der Waals surface area contributed by atoms with E-state index in [9.17, 15) is 0 Å². The SMILES string of the molecule is CC.Cc1ccc(/C=C/c2ccccc2)cc1. The van der Waals surface area contributed by atoms with Crippen LogP contribution < -0.4 is 0 Å². The highest BCUT2D eigenvalue weighted by Gasteiger charge is 1.87. The van der Waals surface area contributed by atoms with Crippen molar-refractivity contribution in [1.29, 1.82) is 0 Å². The van der Waals surface area contributed by atoms with Crippen molar-refractivity contribution in [2.45, 2.75) is 20.8 Å². The molecular weight excluding hydrogens is 204 g/mol. The van der Waals surface area contributed by atoms with Gasteiger partial charge in [-0.05, 0) is 18.1 Å². The second-order valence-electron chi connectivity index (χ2n) is 3.65. The second kappa shape index (κ2) is 7.45. The van der Waals surface area contributed by atoms with Crippen molar-refractivity contribution >= 4 is 12.2 Å². The van der Waals surface area contributed by atoms with Gasteiger partial charge in [-0.3, -0.25) is 0 Å². The summed E-state index contributed by atoms with van der Waals surface area (Å²) in [5.41, 5.74) is 3.77. The van der Waals surface area contributed by atoms with Gasteiger partial charge >= 0.3 is 0 Å². The van der Waals surface area contributed by atoms with Crippen molar-refractivity contribution < 1.29 is 0 Å². The van der Waals surface area contributed by atoms with E-state index in [1.54, 1.807) is 0 Å². The van der Waals surface area contributed by atoms with Gasteiger partial charge in [0.15, 0.2) is 0 Å². The van der Waals surface area contributed by atoms with E-state index in [1.807, 2.05) is 19.9 Å². The fourth-order valence-corrected chi connectivity index (χ4v) is 1.43.